The normalized spacial score (nSPS) is 18.1. The number of nitrogens with one attached hydrogen (secondary N) is 3. The van der Waals surface area contributed by atoms with Crippen molar-refractivity contribution in [1.29, 1.82) is 0 Å². The first-order valence-electron chi connectivity index (χ1n) is 9.95. The molecule has 156 valence electrons. The van der Waals surface area contributed by atoms with E-state index in [4.69, 9.17) is 9.47 Å². The second-order valence-electron chi connectivity index (χ2n) is 7.12. The first-order chi connectivity index (χ1) is 13.2. The van der Waals surface area contributed by atoms with Gasteiger partial charge in [0.25, 0.3) is 0 Å². The van der Waals surface area contributed by atoms with Crippen LogP contribution in [0.5, 0.6) is 0 Å². The van der Waals surface area contributed by atoms with E-state index in [2.05, 4.69) is 58.9 Å². The summed E-state index contributed by atoms with van der Waals surface area (Å²) in [5.41, 5.74) is 3.96. The molecule has 1 aliphatic rings. The van der Waals surface area contributed by atoms with Crippen molar-refractivity contribution < 1.29 is 9.47 Å². The highest BCUT2D eigenvalue weighted by atomic mass is 127. The summed E-state index contributed by atoms with van der Waals surface area (Å²) in [6, 6.07) is 6.72. The van der Waals surface area contributed by atoms with Crippen LogP contribution < -0.4 is 10.6 Å². The van der Waals surface area contributed by atoms with Crippen molar-refractivity contribution in [1.82, 2.24) is 15.6 Å². The van der Waals surface area contributed by atoms with E-state index in [1.54, 1.807) is 7.05 Å². The zero-order valence-corrected chi connectivity index (χ0v) is 19.4. The molecule has 0 spiro atoms. The number of hydrogen-bond donors (Lipinski definition) is 3. The summed E-state index contributed by atoms with van der Waals surface area (Å²) in [4.78, 5) is 7.76. The van der Waals surface area contributed by atoms with Gasteiger partial charge in [0.2, 0.25) is 0 Å². The molecule has 1 aromatic carbocycles. The molecular formula is C21H33IN4O2. The third-order valence-electron chi connectivity index (χ3n) is 5.03. The number of H-pyrrole nitrogens is 1. The van der Waals surface area contributed by atoms with E-state index in [1.807, 2.05) is 0 Å². The Morgan fingerprint density at radius 3 is 2.96 bits per heavy atom. The SMILES string of the molecule is CCc1cccc2c(CCNC(=NC)NC(C)COC3CCOC3)c[nH]c12.I. The van der Waals surface area contributed by atoms with E-state index in [0.29, 0.717) is 13.2 Å². The monoisotopic (exact) mass is 500 g/mol. The van der Waals surface area contributed by atoms with E-state index in [1.165, 1.54) is 22.0 Å². The van der Waals surface area contributed by atoms with Crippen LogP contribution in [0, 0.1) is 0 Å². The topological polar surface area (TPSA) is 70.7 Å². The number of guanidine groups is 1. The zero-order chi connectivity index (χ0) is 19.1. The molecule has 0 amide bonds. The Kier molecular flexibility index (Phi) is 9.53. The third-order valence-corrected chi connectivity index (χ3v) is 5.03. The Morgan fingerprint density at radius 2 is 2.25 bits per heavy atom. The summed E-state index contributed by atoms with van der Waals surface area (Å²) in [5.74, 6) is 0.808. The molecule has 2 atom stereocenters. The molecule has 0 bridgehead atoms. The maximum absolute atomic E-state index is 5.87. The fraction of sp³-hybridized carbons (Fsp3) is 0.571. The van der Waals surface area contributed by atoms with Gasteiger partial charge >= 0.3 is 0 Å². The van der Waals surface area contributed by atoms with Crippen molar-refractivity contribution >= 4 is 40.8 Å². The van der Waals surface area contributed by atoms with Crippen LogP contribution in [0.2, 0.25) is 0 Å². The summed E-state index contributed by atoms with van der Waals surface area (Å²) in [5, 5.41) is 8.12. The molecule has 1 saturated heterocycles. The zero-order valence-electron chi connectivity index (χ0n) is 17.1. The molecule has 0 saturated carbocycles. The highest BCUT2D eigenvalue weighted by molar-refractivity contribution is 14.0. The van der Waals surface area contributed by atoms with Crippen LogP contribution in [0.25, 0.3) is 10.9 Å². The highest BCUT2D eigenvalue weighted by Crippen LogP contribution is 2.22. The molecule has 2 aromatic rings. The van der Waals surface area contributed by atoms with Crippen molar-refractivity contribution in [3.05, 3.63) is 35.5 Å². The highest BCUT2D eigenvalue weighted by Gasteiger charge is 2.17. The van der Waals surface area contributed by atoms with Gasteiger partial charge in [-0.05, 0) is 37.3 Å². The molecular weight excluding hydrogens is 467 g/mol. The van der Waals surface area contributed by atoms with Crippen LogP contribution in [0.4, 0.5) is 0 Å². The first-order valence-corrected chi connectivity index (χ1v) is 9.95. The number of para-hydroxylation sites is 1. The molecule has 0 radical (unpaired) electrons. The minimum Gasteiger partial charge on any atom is -0.379 e. The molecule has 3 N–H and O–H groups in total. The summed E-state index contributed by atoms with van der Waals surface area (Å²) in [7, 11) is 1.80. The molecule has 1 aromatic heterocycles. The van der Waals surface area contributed by atoms with Crippen LogP contribution in [0.1, 0.15) is 31.4 Å². The number of halogens is 1. The smallest absolute Gasteiger partial charge is 0.191 e. The van der Waals surface area contributed by atoms with Crippen LogP contribution >= 0.6 is 24.0 Å². The van der Waals surface area contributed by atoms with E-state index in [-0.39, 0.29) is 36.1 Å². The number of aromatic nitrogens is 1. The number of ether oxygens (including phenoxy) is 2. The first kappa shape index (κ1) is 23.0. The molecule has 1 aliphatic heterocycles. The number of hydrogen-bond acceptors (Lipinski definition) is 3. The van der Waals surface area contributed by atoms with Crippen LogP contribution in [0.3, 0.4) is 0 Å². The van der Waals surface area contributed by atoms with Gasteiger partial charge in [-0.2, -0.15) is 0 Å². The fourth-order valence-corrected chi connectivity index (χ4v) is 3.49. The van der Waals surface area contributed by atoms with Crippen molar-refractivity contribution in [3.63, 3.8) is 0 Å². The standard InChI is InChI=1S/C21H32N4O2.HI/c1-4-16-6-5-7-19-17(12-24-20(16)19)8-10-23-21(22-3)25-15(2)13-27-18-9-11-26-14-18;/h5-7,12,15,18,24H,4,8-11,13-14H2,1-3H3,(H2,22,23,25);1H. The van der Waals surface area contributed by atoms with E-state index in [0.717, 1.165) is 38.4 Å². The number of fused-ring (bicyclic) bond motifs is 1. The molecule has 3 rings (SSSR count). The van der Waals surface area contributed by atoms with Gasteiger partial charge in [-0.15, -0.1) is 24.0 Å². The summed E-state index contributed by atoms with van der Waals surface area (Å²) in [6.07, 6.45) is 5.34. The Balaban J connectivity index is 0.00000280. The molecule has 2 heterocycles. The average molecular weight is 500 g/mol. The van der Waals surface area contributed by atoms with Gasteiger partial charge in [0.1, 0.15) is 0 Å². The second-order valence-corrected chi connectivity index (χ2v) is 7.12. The van der Waals surface area contributed by atoms with Crippen molar-refractivity contribution in [2.75, 3.05) is 33.4 Å². The van der Waals surface area contributed by atoms with Gasteiger partial charge in [-0.1, -0.05) is 25.1 Å². The van der Waals surface area contributed by atoms with Crippen molar-refractivity contribution in [3.8, 4) is 0 Å². The maximum atomic E-state index is 5.87. The molecule has 28 heavy (non-hydrogen) atoms. The molecule has 2 unspecified atom stereocenters. The predicted molar refractivity (Wildman–Crippen MR) is 126 cm³/mol. The lowest BCUT2D eigenvalue weighted by atomic mass is 10.1. The predicted octanol–water partition coefficient (Wildman–Crippen LogP) is 3.25. The van der Waals surface area contributed by atoms with Gasteiger partial charge in [0.15, 0.2) is 5.96 Å². The molecule has 0 aliphatic carbocycles. The summed E-state index contributed by atoms with van der Waals surface area (Å²) < 4.78 is 11.2. The molecule has 7 heteroatoms. The maximum Gasteiger partial charge on any atom is 0.191 e. The Hall–Kier alpha value is -1.32. The van der Waals surface area contributed by atoms with E-state index < -0.39 is 0 Å². The minimum absolute atomic E-state index is 0. The van der Waals surface area contributed by atoms with Gasteiger partial charge < -0.3 is 25.1 Å². The van der Waals surface area contributed by atoms with Crippen LogP contribution in [0.15, 0.2) is 29.4 Å². The van der Waals surface area contributed by atoms with Gasteiger partial charge in [-0.3, -0.25) is 4.99 Å². The fourth-order valence-electron chi connectivity index (χ4n) is 3.49. The molecule has 1 fully saturated rings. The number of aromatic amines is 1. The number of aryl methyl sites for hydroxylation is 1. The quantitative estimate of drug-likeness (QED) is 0.296. The lowest BCUT2D eigenvalue weighted by Gasteiger charge is -2.19. The van der Waals surface area contributed by atoms with Crippen LogP contribution in [-0.4, -0.2) is 56.5 Å². The Bertz CT molecular complexity index is 756. The van der Waals surface area contributed by atoms with Crippen molar-refractivity contribution in [2.24, 2.45) is 4.99 Å². The largest absolute Gasteiger partial charge is 0.379 e. The lowest BCUT2D eigenvalue weighted by molar-refractivity contribution is 0.0347. The third kappa shape index (κ3) is 6.09. The van der Waals surface area contributed by atoms with E-state index in [9.17, 15) is 0 Å². The lowest BCUT2D eigenvalue weighted by Crippen LogP contribution is -2.45. The van der Waals surface area contributed by atoms with Crippen molar-refractivity contribution in [2.45, 2.75) is 45.3 Å². The number of benzene rings is 1. The van der Waals surface area contributed by atoms with Gasteiger partial charge in [0.05, 0.1) is 19.3 Å². The number of rotatable bonds is 8. The van der Waals surface area contributed by atoms with Gasteiger partial charge in [-0.25, -0.2) is 0 Å². The minimum atomic E-state index is 0. The Morgan fingerprint density at radius 1 is 1.39 bits per heavy atom. The van der Waals surface area contributed by atoms with Crippen LogP contribution in [-0.2, 0) is 22.3 Å². The number of nitrogens with zero attached hydrogens (tertiary/aromatic N) is 1. The molecule has 6 nitrogen and oxygen atoms in total. The number of aliphatic imine (C=N–C) groups is 1. The van der Waals surface area contributed by atoms with E-state index >= 15 is 0 Å². The average Bonchev–Trinajstić information content (AvgIpc) is 3.35. The second kappa shape index (κ2) is 11.6. The Labute approximate surface area is 184 Å². The van der Waals surface area contributed by atoms with Gasteiger partial charge in [0, 0.05) is 43.3 Å². The summed E-state index contributed by atoms with van der Waals surface area (Å²) >= 11 is 0. The summed E-state index contributed by atoms with van der Waals surface area (Å²) in [6.45, 7) is 7.29.